The topological polar surface area (TPSA) is 33.7 Å². The SMILES string of the molecule is C=c1cccc/c1=C(/C=N)c1ccc(-n2c3ccccc3c3cc4c(ccc5c4ccn5-c4ccccc4)cc32)cc1. The zero-order valence-electron chi connectivity index (χ0n) is 23.0. The van der Waals surface area contributed by atoms with Gasteiger partial charge in [0.2, 0.25) is 0 Å². The van der Waals surface area contributed by atoms with E-state index in [0.29, 0.717) is 0 Å². The van der Waals surface area contributed by atoms with Gasteiger partial charge < -0.3 is 14.5 Å². The van der Waals surface area contributed by atoms with E-state index in [1.807, 2.05) is 24.3 Å². The molecule has 0 bridgehead atoms. The summed E-state index contributed by atoms with van der Waals surface area (Å²) in [5.74, 6) is 0. The van der Waals surface area contributed by atoms with Gasteiger partial charge in [-0.2, -0.15) is 0 Å². The Labute approximate surface area is 243 Å². The molecule has 2 aromatic heterocycles. The number of fused-ring (bicyclic) bond motifs is 6. The van der Waals surface area contributed by atoms with Gasteiger partial charge in [0.1, 0.15) is 0 Å². The molecule has 0 aliphatic heterocycles. The van der Waals surface area contributed by atoms with Crippen LogP contribution in [0.25, 0.3) is 67.0 Å². The summed E-state index contributed by atoms with van der Waals surface area (Å²) in [4.78, 5) is 0. The molecule has 2 heterocycles. The molecule has 0 saturated carbocycles. The first kappa shape index (κ1) is 24.2. The average molecular weight is 538 g/mol. The molecule has 42 heavy (non-hydrogen) atoms. The van der Waals surface area contributed by atoms with Crippen molar-refractivity contribution in [3.8, 4) is 11.4 Å². The quantitative estimate of drug-likeness (QED) is 0.220. The van der Waals surface area contributed by atoms with Gasteiger partial charge >= 0.3 is 0 Å². The number of hydrogen-bond acceptors (Lipinski definition) is 1. The third kappa shape index (κ3) is 3.64. The van der Waals surface area contributed by atoms with Crippen molar-refractivity contribution in [2.45, 2.75) is 0 Å². The Morgan fingerprint density at radius 2 is 1.31 bits per heavy atom. The summed E-state index contributed by atoms with van der Waals surface area (Å²) in [5, 5.41) is 16.2. The number of rotatable bonds is 4. The number of hydrogen-bond donors (Lipinski definition) is 1. The molecule has 1 N–H and O–H groups in total. The Morgan fingerprint density at radius 1 is 0.571 bits per heavy atom. The third-order valence-corrected chi connectivity index (χ3v) is 8.40. The summed E-state index contributed by atoms with van der Waals surface area (Å²) in [6, 6.07) is 47.1. The zero-order chi connectivity index (χ0) is 28.2. The standard InChI is InChI=1S/C39H27N3/c1-26-9-5-6-12-31(26)36(25-40)27-15-18-30(19-16-27)42-38-14-8-7-13-32(38)35-24-34-28(23-39(35)42)17-20-37-33(34)21-22-41(37)29-10-3-2-4-11-29/h2-25,40H,1H2/b36-31+,40-25?. The van der Waals surface area contributed by atoms with Crippen molar-refractivity contribution in [1.82, 2.24) is 9.13 Å². The lowest BCUT2D eigenvalue weighted by Crippen LogP contribution is -2.25. The first-order valence-electron chi connectivity index (χ1n) is 14.1. The monoisotopic (exact) mass is 537 g/mol. The van der Waals surface area contributed by atoms with Gasteiger partial charge in [-0.15, -0.1) is 0 Å². The summed E-state index contributed by atoms with van der Waals surface area (Å²) in [6.45, 7) is 4.17. The largest absolute Gasteiger partial charge is 0.317 e. The van der Waals surface area contributed by atoms with Crippen LogP contribution in [0.3, 0.4) is 0 Å². The molecule has 198 valence electrons. The molecule has 0 fully saturated rings. The van der Waals surface area contributed by atoms with Crippen LogP contribution in [0.15, 0.2) is 140 Å². The fourth-order valence-electron chi connectivity index (χ4n) is 6.40. The Morgan fingerprint density at radius 3 is 2.12 bits per heavy atom. The summed E-state index contributed by atoms with van der Waals surface area (Å²) < 4.78 is 4.61. The molecule has 0 spiro atoms. The fourth-order valence-corrected chi connectivity index (χ4v) is 6.40. The highest BCUT2D eigenvalue weighted by atomic mass is 15.0. The summed E-state index contributed by atoms with van der Waals surface area (Å²) in [5.41, 5.74) is 7.68. The average Bonchev–Trinajstić information content (AvgIpc) is 3.62. The van der Waals surface area contributed by atoms with E-state index in [2.05, 4.69) is 131 Å². The molecule has 3 nitrogen and oxygen atoms in total. The Kier molecular flexibility index (Phi) is 5.44. The van der Waals surface area contributed by atoms with Crippen LogP contribution in [-0.4, -0.2) is 15.3 Å². The lowest BCUT2D eigenvalue weighted by atomic mass is 10.0. The number of para-hydroxylation sites is 2. The van der Waals surface area contributed by atoms with Gasteiger partial charge in [-0.3, -0.25) is 0 Å². The molecule has 8 aromatic rings. The zero-order valence-corrected chi connectivity index (χ0v) is 23.0. The normalized spacial score (nSPS) is 12.4. The van der Waals surface area contributed by atoms with Crippen molar-refractivity contribution in [2.75, 3.05) is 0 Å². The molecule has 0 amide bonds. The van der Waals surface area contributed by atoms with Crippen LogP contribution in [0.5, 0.6) is 0 Å². The van der Waals surface area contributed by atoms with Crippen molar-refractivity contribution in [1.29, 1.82) is 5.41 Å². The Hall–Kier alpha value is -5.67. The second-order valence-corrected chi connectivity index (χ2v) is 10.7. The number of aromatic nitrogens is 2. The number of nitrogens with zero attached hydrogens (tertiary/aromatic N) is 2. The molecule has 0 unspecified atom stereocenters. The van der Waals surface area contributed by atoms with E-state index in [4.69, 9.17) is 5.41 Å². The fraction of sp³-hybridized carbons (Fsp3) is 0. The van der Waals surface area contributed by atoms with Gasteiger partial charge in [0.15, 0.2) is 0 Å². The lowest BCUT2D eigenvalue weighted by Gasteiger charge is -2.11. The van der Waals surface area contributed by atoms with Gasteiger partial charge in [-0.05, 0) is 81.4 Å². The molecule has 0 saturated heterocycles. The second kappa shape index (κ2) is 9.46. The molecule has 6 aromatic carbocycles. The molecule has 8 rings (SSSR count). The maximum atomic E-state index is 8.13. The van der Waals surface area contributed by atoms with Gasteiger partial charge in [0.25, 0.3) is 0 Å². The molecule has 0 atom stereocenters. The summed E-state index contributed by atoms with van der Waals surface area (Å²) in [6.07, 6.45) is 3.60. The van der Waals surface area contributed by atoms with E-state index in [0.717, 1.165) is 32.9 Å². The van der Waals surface area contributed by atoms with Crippen molar-refractivity contribution in [3.63, 3.8) is 0 Å². The minimum Gasteiger partial charge on any atom is -0.317 e. The maximum absolute atomic E-state index is 8.13. The van der Waals surface area contributed by atoms with Gasteiger partial charge in [0, 0.05) is 45.5 Å². The van der Waals surface area contributed by atoms with Crippen LogP contribution in [0.1, 0.15) is 5.56 Å². The van der Waals surface area contributed by atoms with Crippen LogP contribution in [0.4, 0.5) is 0 Å². The summed E-state index contributed by atoms with van der Waals surface area (Å²) >= 11 is 0. The van der Waals surface area contributed by atoms with Gasteiger partial charge in [0.05, 0.1) is 16.6 Å². The predicted octanol–water partition coefficient (Wildman–Crippen LogP) is 8.14. The summed E-state index contributed by atoms with van der Waals surface area (Å²) in [7, 11) is 0. The van der Waals surface area contributed by atoms with Crippen LogP contribution < -0.4 is 10.4 Å². The minimum absolute atomic E-state index is 0.867. The molecule has 0 aliphatic carbocycles. The van der Waals surface area contributed by atoms with E-state index < -0.39 is 0 Å². The van der Waals surface area contributed by atoms with Gasteiger partial charge in [-0.25, -0.2) is 0 Å². The highest BCUT2D eigenvalue weighted by Crippen LogP contribution is 2.37. The van der Waals surface area contributed by atoms with Crippen molar-refractivity contribution >= 4 is 61.8 Å². The smallest absolute Gasteiger partial charge is 0.0547 e. The van der Waals surface area contributed by atoms with Gasteiger partial charge in [-0.1, -0.05) is 85.4 Å². The van der Waals surface area contributed by atoms with E-state index in [1.165, 1.54) is 49.7 Å². The highest BCUT2D eigenvalue weighted by Gasteiger charge is 2.15. The maximum Gasteiger partial charge on any atom is 0.0547 e. The third-order valence-electron chi connectivity index (χ3n) is 8.40. The van der Waals surface area contributed by atoms with E-state index in [9.17, 15) is 0 Å². The molecule has 0 aliphatic rings. The van der Waals surface area contributed by atoms with Crippen molar-refractivity contribution in [3.05, 3.63) is 156 Å². The van der Waals surface area contributed by atoms with Crippen molar-refractivity contribution < 1.29 is 0 Å². The molecular formula is C39H27N3. The first-order chi connectivity index (χ1) is 20.7. The number of benzene rings is 6. The predicted molar refractivity (Wildman–Crippen MR) is 178 cm³/mol. The molecule has 0 radical (unpaired) electrons. The van der Waals surface area contributed by atoms with Crippen LogP contribution in [0, 0.1) is 5.41 Å². The highest BCUT2D eigenvalue weighted by molar-refractivity contribution is 6.18. The van der Waals surface area contributed by atoms with Crippen LogP contribution >= 0.6 is 0 Å². The minimum atomic E-state index is 0.867. The van der Waals surface area contributed by atoms with Crippen LogP contribution in [-0.2, 0) is 0 Å². The van der Waals surface area contributed by atoms with Crippen LogP contribution in [0.2, 0.25) is 0 Å². The lowest BCUT2D eigenvalue weighted by molar-refractivity contribution is 1.13. The van der Waals surface area contributed by atoms with E-state index >= 15 is 0 Å². The first-order valence-corrected chi connectivity index (χ1v) is 14.1. The van der Waals surface area contributed by atoms with Crippen molar-refractivity contribution in [2.24, 2.45) is 0 Å². The second-order valence-electron chi connectivity index (χ2n) is 10.7. The number of nitrogens with one attached hydrogen (secondary N) is 1. The molecule has 3 heteroatoms. The Bertz CT molecular complexity index is 2430. The molecular weight excluding hydrogens is 510 g/mol. The van der Waals surface area contributed by atoms with E-state index in [-0.39, 0.29) is 0 Å². The van der Waals surface area contributed by atoms with E-state index in [1.54, 1.807) is 0 Å². The Balaban J connectivity index is 1.34.